The first kappa shape index (κ1) is 16.3. The summed E-state index contributed by atoms with van der Waals surface area (Å²) in [4.78, 5) is 24.7. The van der Waals surface area contributed by atoms with Crippen LogP contribution in [0.15, 0.2) is 24.3 Å². The SMILES string of the molecule is COc1cccc(CCN2C(=O)C[C@@H]([N+](=O)[O-])[C@@H]2C(C)C)c1. The Labute approximate surface area is 130 Å². The molecule has 2 rings (SSSR count). The van der Waals surface area contributed by atoms with Crippen LogP contribution in [0.1, 0.15) is 25.8 Å². The summed E-state index contributed by atoms with van der Waals surface area (Å²) < 4.78 is 5.19. The number of carbonyl (C=O) groups is 1. The third-order valence-corrected chi connectivity index (χ3v) is 4.19. The van der Waals surface area contributed by atoms with Crippen LogP contribution < -0.4 is 4.74 Å². The van der Waals surface area contributed by atoms with Crippen molar-refractivity contribution in [1.29, 1.82) is 0 Å². The Morgan fingerprint density at radius 3 is 2.77 bits per heavy atom. The zero-order valence-corrected chi connectivity index (χ0v) is 13.2. The number of rotatable bonds is 6. The van der Waals surface area contributed by atoms with Crippen molar-refractivity contribution in [3.63, 3.8) is 0 Å². The summed E-state index contributed by atoms with van der Waals surface area (Å²) in [5.74, 6) is 0.712. The number of hydrogen-bond acceptors (Lipinski definition) is 4. The highest BCUT2D eigenvalue weighted by molar-refractivity contribution is 5.79. The van der Waals surface area contributed by atoms with Gasteiger partial charge in [0.2, 0.25) is 11.9 Å². The van der Waals surface area contributed by atoms with Crippen molar-refractivity contribution in [2.24, 2.45) is 5.92 Å². The molecule has 1 aliphatic rings. The van der Waals surface area contributed by atoms with Gasteiger partial charge in [-0.25, -0.2) is 0 Å². The van der Waals surface area contributed by atoms with Crippen LogP contribution in [0.3, 0.4) is 0 Å². The molecule has 1 aromatic carbocycles. The number of amides is 1. The summed E-state index contributed by atoms with van der Waals surface area (Å²) in [6.07, 6.45) is 0.671. The van der Waals surface area contributed by atoms with Gasteiger partial charge in [0.25, 0.3) is 0 Å². The number of nitro groups is 1. The number of nitrogens with zero attached hydrogens (tertiary/aromatic N) is 2. The minimum Gasteiger partial charge on any atom is -0.497 e. The standard InChI is InChI=1S/C16H22N2O4/c1-11(2)16-14(18(20)21)10-15(19)17(16)8-7-12-5-4-6-13(9-12)22-3/h4-6,9,11,14,16H,7-8,10H2,1-3H3/t14-,16+/m1/s1. The number of ether oxygens (including phenoxy) is 1. The number of benzene rings is 1. The fourth-order valence-corrected chi connectivity index (χ4v) is 3.15. The Balaban J connectivity index is 2.09. The Hall–Kier alpha value is -2.11. The van der Waals surface area contributed by atoms with Crippen LogP contribution in [0.2, 0.25) is 0 Å². The van der Waals surface area contributed by atoms with Crippen LogP contribution in [0.25, 0.3) is 0 Å². The predicted molar refractivity (Wildman–Crippen MR) is 82.4 cm³/mol. The summed E-state index contributed by atoms with van der Waals surface area (Å²) in [7, 11) is 1.61. The molecule has 0 radical (unpaired) electrons. The van der Waals surface area contributed by atoms with E-state index in [-0.39, 0.29) is 29.2 Å². The van der Waals surface area contributed by atoms with Gasteiger partial charge >= 0.3 is 0 Å². The molecule has 0 aliphatic carbocycles. The van der Waals surface area contributed by atoms with Crippen molar-refractivity contribution >= 4 is 5.91 Å². The van der Waals surface area contributed by atoms with E-state index in [0.717, 1.165) is 11.3 Å². The zero-order valence-electron chi connectivity index (χ0n) is 13.2. The van der Waals surface area contributed by atoms with Gasteiger partial charge in [0.1, 0.15) is 11.8 Å². The van der Waals surface area contributed by atoms with Gasteiger partial charge in [-0.05, 0) is 30.0 Å². The lowest BCUT2D eigenvalue weighted by Gasteiger charge is -2.28. The van der Waals surface area contributed by atoms with Crippen molar-refractivity contribution in [2.45, 2.75) is 38.8 Å². The summed E-state index contributed by atoms with van der Waals surface area (Å²) in [6, 6.07) is 6.55. The zero-order chi connectivity index (χ0) is 16.3. The maximum Gasteiger partial charge on any atom is 0.242 e. The number of likely N-dealkylation sites (tertiary alicyclic amines) is 1. The monoisotopic (exact) mass is 306 g/mol. The molecule has 0 spiro atoms. The molecule has 0 bridgehead atoms. The van der Waals surface area contributed by atoms with Gasteiger partial charge < -0.3 is 9.64 Å². The van der Waals surface area contributed by atoms with Gasteiger partial charge in [-0.3, -0.25) is 14.9 Å². The van der Waals surface area contributed by atoms with Crippen molar-refractivity contribution in [2.75, 3.05) is 13.7 Å². The van der Waals surface area contributed by atoms with E-state index < -0.39 is 6.04 Å². The molecule has 2 atom stereocenters. The second-order valence-electron chi connectivity index (χ2n) is 5.98. The normalized spacial score (nSPS) is 21.5. The van der Waals surface area contributed by atoms with Crippen LogP contribution in [-0.4, -0.2) is 41.5 Å². The van der Waals surface area contributed by atoms with Crippen LogP contribution in [0.4, 0.5) is 0 Å². The quantitative estimate of drug-likeness (QED) is 0.596. The largest absolute Gasteiger partial charge is 0.497 e. The number of methoxy groups -OCH3 is 1. The first-order chi connectivity index (χ1) is 10.4. The van der Waals surface area contributed by atoms with E-state index in [0.29, 0.717) is 13.0 Å². The molecule has 1 amide bonds. The van der Waals surface area contributed by atoms with Crippen LogP contribution in [0, 0.1) is 16.0 Å². The van der Waals surface area contributed by atoms with Crippen LogP contribution in [0.5, 0.6) is 5.75 Å². The second-order valence-corrected chi connectivity index (χ2v) is 5.98. The maximum atomic E-state index is 12.1. The molecule has 22 heavy (non-hydrogen) atoms. The highest BCUT2D eigenvalue weighted by atomic mass is 16.6. The molecule has 0 aromatic heterocycles. The molecular formula is C16H22N2O4. The number of carbonyl (C=O) groups excluding carboxylic acids is 1. The molecule has 1 aliphatic heterocycles. The van der Waals surface area contributed by atoms with Gasteiger partial charge in [0.05, 0.1) is 13.5 Å². The minimum atomic E-state index is -0.794. The van der Waals surface area contributed by atoms with Crippen molar-refractivity contribution in [3.05, 3.63) is 39.9 Å². The summed E-state index contributed by atoms with van der Waals surface area (Å²) in [6.45, 7) is 4.36. The van der Waals surface area contributed by atoms with E-state index in [9.17, 15) is 14.9 Å². The van der Waals surface area contributed by atoms with Gasteiger partial charge in [0.15, 0.2) is 0 Å². The molecule has 0 unspecified atom stereocenters. The van der Waals surface area contributed by atoms with E-state index >= 15 is 0 Å². The fraction of sp³-hybridized carbons (Fsp3) is 0.562. The molecule has 120 valence electrons. The third kappa shape index (κ3) is 3.37. The highest BCUT2D eigenvalue weighted by Crippen LogP contribution is 2.28. The van der Waals surface area contributed by atoms with Crippen LogP contribution >= 0.6 is 0 Å². The first-order valence-electron chi connectivity index (χ1n) is 7.50. The summed E-state index contributed by atoms with van der Waals surface area (Å²) in [5, 5.41) is 11.2. The lowest BCUT2D eigenvalue weighted by atomic mass is 9.97. The van der Waals surface area contributed by atoms with E-state index in [1.54, 1.807) is 12.0 Å². The summed E-state index contributed by atoms with van der Waals surface area (Å²) >= 11 is 0. The van der Waals surface area contributed by atoms with Crippen molar-refractivity contribution in [1.82, 2.24) is 4.90 Å². The van der Waals surface area contributed by atoms with E-state index in [1.807, 2.05) is 38.1 Å². The van der Waals surface area contributed by atoms with E-state index in [1.165, 1.54) is 0 Å². The van der Waals surface area contributed by atoms with Crippen molar-refractivity contribution < 1.29 is 14.5 Å². The van der Waals surface area contributed by atoms with E-state index in [4.69, 9.17) is 4.74 Å². The molecule has 0 saturated carbocycles. The average molecular weight is 306 g/mol. The molecule has 1 saturated heterocycles. The van der Waals surface area contributed by atoms with Gasteiger partial charge in [-0.2, -0.15) is 0 Å². The smallest absolute Gasteiger partial charge is 0.242 e. The average Bonchev–Trinajstić information content (AvgIpc) is 2.82. The summed E-state index contributed by atoms with van der Waals surface area (Å²) in [5.41, 5.74) is 1.05. The van der Waals surface area contributed by atoms with Gasteiger partial charge in [0, 0.05) is 11.5 Å². The molecule has 0 N–H and O–H groups in total. The van der Waals surface area contributed by atoms with Gasteiger partial charge in [-0.1, -0.05) is 26.0 Å². The molecular weight excluding hydrogens is 284 g/mol. The molecule has 1 heterocycles. The molecule has 6 heteroatoms. The Morgan fingerprint density at radius 2 is 2.18 bits per heavy atom. The van der Waals surface area contributed by atoms with Gasteiger partial charge in [-0.15, -0.1) is 0 Å². The predicted octanol–water partition coefficient (Wildman–Crippen LogP) is 2.14. The Kier molecular flexibility index (Phi) is 5.00. The highest BCUT2D eigenvalue weighted by Gasteiger charge is 2.48. The first-order valence-corrected chi connectivity index (χ1v) is 7.50. The minimum absolute atomic E-state index is 0.00789. The number of hydrogen-bond donors (Lipinski definition) is 0. The lowest BCUT2D eigenvalue weighted by molar-refractivity contribution is -0.525. The van der Waals surface area contributed by atoms with E-state index in [2.05, 4.69) is 0 Å². The third-order valence-electron chi connectivity index (χ3n) is 4.19. The molecule has 6 nitrogen and oxygen atoms in total. The molecule has 1 aromatic rings. The Bertz CT molecular complexity index is 559. The second kappa shape index (κ2) is 6.77. The van der Waals surface area contributed by atoms with Crippen molar-refractivity contribution in [3.8, 4) is 5.75 Å². The topological polar surface area (TPSA) is 72.7 Å². The lowest BCUT2D eigenvalue weighted by Crippen LogP contribution is -2.44. The molecule has 1 fully saturated rings. The maximum absolute atomic E-state index is 12.1. The Morgan fingerprint density at radius 1 is 1.45 bits per heavy atom. The van der Waals surface area contributed by atoms with Crippen LogP contribution in [-0.2, 0) is 11.2 Å². The fourth-order valence-electron chi connectivity index (χ4n) is 3.15.